The zero-order valence-electron chi connectivity index (χ0n) is 16.2. The summed E-state index contributed by atoms with van der Waals surface area (Å²) in [5, 5.41) is 2.94. The Hall–Kier alpha value is -2.09. The number of nitrogens with one attached hydrogen (secondary N) is 1. The Morgan fingerprint density at radius 2 is 1.83 bits per heavy atom. The van der Waals surface area contributed by atoms with E-state index in [1.54, 1.807) is 23.9 Å². The first-order chi connectivity index (χ1) is 13.9. The number of thioether (sulfide) groups is 1. The van der Waals surface area contributed by atoms with Crippen LogP contribution in [0.5, 0.6) is 0 Å². The summed E-state index contributed by atoms with van der Waals surface area (Å²) in [7, 11) is -3.39. The van der Waals surface area contributed by atoms with Gasteiger partial charge in [-0.25, -0.2) is 8.42 Å². The summed E-state index contributed by atoms with van der Waals surface area (Å²) < 4.78 is 25.4. The van der Waals surface area contributed by atoms with Crippen molar-refractivity contribution in [3.63, 3.8) is 0 Å². The second-order valence-corrected chi connectivity index (χ2v) is 11.0. The second-order valence-electron chi connectivity index (χ2n) is 7.16. The Morgan fingerprint density at radius 1 is 1.10 bits per heavy atom. The molecule has 0 unspecified atom stereocenters. The maximum Gasteiger partial charge on any atom is 0.261 e. The quantitative estimate of drug-likeness (QED) is 0.615. The fraction of sp³-hybridized carbons (Fsp3) is 0.227. The molecule has 0 spiro atoms. The molecular weight excluding hydrogens is 422 g/mol. The van der Waals surface area contributed by atoms with Gasteiger partial charge in [0.15, 0.2) is 9.84 Å². The third-order valence-corrected chi connectivity index (χ3v) is 8.44. The standard InChI is InChI=1S/C22H21NO3S3/c1-14-3-5-15(6-4-14)11-23-22(24)19-10-17-13-29(25,26)20-8-7-16(12-27-2)9-18(20)21(17)28-19/h3-10H,11-13H2,1-2H3,(H,23,24). The van der Waals surface area contributed by atoms with E-state index in [2.05, 4.69) is 5.32 Å². The van der Waals surface area contributed by atoms with Crippen LogP contribution >= 0.6 is 23.1 Å². The van der Waals surface area contributed by atoms with Crippen LogP contribution in [0.2, 0.25) is 0 Å². The first-order valence-electron chi connectivity index (χ1n) is 9.19. The molecule has 2 aromatic carbocycles. The number of carbonyl (C=O) groups is 1. The molecule has 4 rings (SSSR count). The zero-order valence-corrected chi connectivity index (χ0v) is 18.6. The highest BCUT2D eigenvalue weighted by molar-refractivity contribution is 7.97. The number of hydrogen-bond acceptors (Lipinski definition) is 5. The summed E-state index contributed by atoms with van der Waals surface area (Å²) in [6.45, 7) is 2.46. The number of amides is 1. The lowest BCUT2D eigenvalue weighted by atomic mass is 10.1. The molecule has 1 aliphatic rings. The molecule has 2 heterocycles. The number of rotatable bonds is 5. The van der Waals surface area contributed by atoms with Gasteiger partial charge in [0, 0.05) is 22.7 Å². The summed E-state index contributed by atoms with van der Waals surface area (Å²) in [5.74, 6) is 0.584. The van der Waals surface area contributed by atoms with E-state index < -0.39 is 9.84 Å². The largest absolute Gasteiger partial charge is 0.347 e. The molecule has 0 aliphatic carbocycles. The fourth-order valence-corrected chi connectivity index (χ4v) is 6.78. The summed E-state index contributed by atoms with van der Waals surface area (Å²) in [5.41, 5.74) is 4.72. The Balaban J connectivity index is 1.63. The molecule has 0 saturated heterocycles. The van der Waals surface area contributed by atoms with Gasteiger partial charge in [-0.15, -0.1) is 11.3 Å². The van der Waals surface area contributed by atoms with E-state index >= 15 is 0 Å². The molecule has 0 fully saturated rings. The number of sulfone groups is 1. The van der Waals surface area contributed by atoms with Gasteiger partial charge in [0.2, 0.25) is 0 Å². The number of hydrogen-bond donors (Lipinski definition) is 1. The van der Waals surface area contributed by atoms with Gasteiger partial charge < -0.3 is 5.32 Å². The van der Waals surface area contributed by atoms with Gasteiger partial charge in [-0.3, -0.25) is 4.79 Å². The molecule has 0 radical (unpaired) electrons. The molecule has 4 nitrogen and oxygen atoms in total. The fourth-order valence-electron chi connectivity index (χ4n) is 3.42. The maximum absolute atomic E-state index is 12.7. The van der Waals surface area contributed by atoms with E-state index in [-0.39, 0.29) is 11.7 Å². The number of fused-ring (bicyclic) bond motifs is 3. The van der Waals surface area contributed by atoms with Crippen molar-refractivity contribution in [3.05, 3.63) is 75.7 Å². The predicted octanol–water partition coefficient (Wildman–Crippen LogP) is 4.80. The molecule has 1 aliphatic heterocycles. The van der Waals surface area contributed by atoms with Crippen LogP contribution in [-0.2, 0) is 27.9 Å². The highest BCUT2D eigenvalue weighted by atomic mass is 32.2. The molecule has 1 N–H and O–H groups in total. The molecule has 29 heavy (non-hydrogen) atoms. The minimum Gasteiger partial charge on any atom is -0.347 e. The van der Waals surface area contributed by atoms with E-state index in [9.17, 15) is 13.2 Å². The van der Waals surface area contributed by atoms with Crippen molar-refractivity contribution in [2.24, 2.45) is 0 Å². The van der Waals surface area contributed by atoms with Gasteiger partial charge in [0.25, 0.3) is 5.91 Å². The van der Waals surface area contributed by atoms with Crippen LogP contribution in [0.4, 0.5) is 0 Å². The van der Waals surface area contributed by atoms with Crippen molar-refractivity contribution < 1.29 is 13.2 Å². The predicted molar refractivity (Wildman–Crippen MR) is 120 cm³/mol. The van der Waals surface area contributed by atoms with Crippen molar-refractivity contribution in [2.45, 2.75) is 29.9 Å². The summed E-state index contributed by atoms with van der Waals surface area (Å²) in [4.78, 5) is 14.5. The van der Waals surface area contributed by atoms with Crippen LogP contribution in [0.25, 0.3) is 10.4 Å². The first kappa shape index (κ1) is 20.2. The van der Waals surface area contributed by atoms with Crippen LogP contribution in [0.15, 0.2) is 53.4 Å². The lowest BCUT2D eigenvalue weighted by Crippen LogP contribution is -2.21. The van der Waals surface area contributed by atoms with Crippen LogP contribution in [-0.4, -0.2) is 20.6 Å². The Labute approximate surface area is 179 Å². The third-order valence-electron chi connectivity index (χ3n) is 4.89. The Kier molecular flexibility index (Phi) is 5.55. The van der Waals surface area contributed by atoms with Crippen LogP contribution in [0.1, 0.15) is 31.9 Å². The molecule has 0 saturated carbocycles. The Bertz CT molecular complexity index is 1180. The molecule has 1 aromatic heterocycles. The molecule has 1 amide bonds. The second kappa shape index (κ2) is 7.97. The monoisotopic (exact) mass is 443 g/mol. The lowest BCUT2D eigenvalue weighted by molar-refractivity contribution is 0.0955. The van der Waals surface area contributed by atoms with Gasteiger partial charge in [0.1, 0.15) is 0 Å². The lowest BCUT2D eigenvalue weighted by Gasteiger charge is -2.17. The normalized spacial score (nSPS) is 14.1. The van der Waals surface area contributed by atoms with E-state index in [0.29, 0.717) is 21.9 Å². The van der Waals surface area contributed by atoms with E-state index in [0.717, 1.165) is 27.3 Å². The first-order valence-corrected chi connectivity index (χ1v) is 13.0. The highest BCUT2D eigenvalue weighted by Gasteiger charge is 2.31. The zero-order chi connectivity index (χ0) is 20.6. The van der Waals surface area contributed by atoms with E-state index in [4.69, 9.17) is 0 Å². The van der Waals surface area contributed by atoms with Gasteiger partial charge in [0.05, 0.1) is 15.5 Å². The summed E-state index contributed by atoms with van der Waals surface area (Å²) >= 11 is 3.06. The maximum atomic E-state index is 12.7. The average Bonchev–Trinajstić information content (AvgIpc) is 3.11. The smallest absolute Gasteiger partial charge is 0.261 e. The number of carbonyl (C=O) groups excluding carboxylic acids is 1. The van der Waals surface area contributed by atoms with Gasteiger partial charge in [-0.1, -0.05) is 35.9 Å². The van der Waals surface area contributed by atoms with E-state index in [1.807, 2.05) is 49.6 Å². The van der Waals surface area contributed by atoms with Gasteiger partial charge >= 0.3 is 0 Å². The Morgan fingerprint density at radius 3 is 2.55 bits per heavy atom. The molecular formula is C22H21NO3S3. The SMILES string of the molecule is CSCc1ccc2c(c1)-c1sc(C(=O)NCc3ccc(C)cc3)cc1CS2(=O)=O. The molecule has 3 aromatic rings. The van der Waals surface area contributed by atoms with Gasteiger partial charge in [-0.2, -0.15) is 11.8 Å². The van der Waals surface area contributed by atoms with Crippen molar-refractivity contribution in [1.82, 2.24) is 5.32 Å². The van der Waals surface area contributed by atoms with Crippen molar-refractivity contribution >= 4 is 38.8 Å². The summed E-state index contributed by atoms with van der Waals surface area (Å²) in [6, 6.07) is 15.3. The number of thiophene rings is 1. The van der Waals surface area contributed by atoms with Gasteiger partial charge in [-0.05, 0) is 48.1 Å². The molecule has 0 bridgehead atoms. The third kappa shape index (κ3) is 4.13. The van der Waals surface area contributed by atoms with Crippen LogP contribution < -0.4 is 5.32 Å². The topological polar surface area (TPSA) is 63.2 Å². The van der Waals surface area contributed by atoms with Crippen molar-refractivity contribution in [3.8, 4) is 10.4 Å². The minimum absolute atomic E-state index is 0.0566. The highest BCUT2D eigenvalue weighted by Crippen LogP contribution is 2.43. The molecule has 7 heteroatoms. The van der Waals surface area contributed by atoms with Crippen molar-refractivity contribution in [2.75, 3.05) is 6.26 Å². The number of aryl methyl sites for hydroxylation is 1. The average molecular weight is 444 g/mol. The minimum atomic E-state index is -3.39. The van der Waals surface area contributed by atoms with Crippen molar-refractivity contribution in [1.29, 1.82) is 0 Å². The van der Waals surface area contributed by atoms with E-state index in [1.165, 1.54) is 16.9 Å². The number of benzene rings is 2. The van der Waals surface area contributed by atoms with Crippen LogP contribution in [0, 0.1) is 6.92 Å². The molecule has 150 valence electrons. The van der Waals surface area contributed by atoms with Crippen LogP contribution in [0.3, 0.4) is 0 Å². The summed E-state index contributed by atoms with van der Waals surface area (Å²) in [6.07, 6.45) is 2.02. The molecule has 0 atom stereocenters.